The van der Waals surface area contributed by atoms with Crippen molar-refractivity contribution in [3.05, 3.63) is 42.1 Å². The Kier molecular flexibility index (Phi) is 2.25. The van der Waals surface area contributed by atoms with E-state index in [0.717, 1.165) is 11.3 Å². The van der Waals surface area contributed by atoms with Gasteiger partial charge in [-0.15, -0.1) is 0 Å². The van der Waals surface area contributed by atoms with Crippen molar-refractivity contribution in [2.45, 2.75) is 6.92 Å². The Labute approximate surface area is 87.1 Å². The zero-order valence-corrected chi connectivity index (χ0v) is 8.30. The zero-order chi connectivity index (χ0) is 10.8. The van der Waals surface area contributed by atoms with Gasteiger partial charge in [0.25, 0.3) is 5.69 Å². The van der Waals surface area contributed by atoms with Crippen molar-refractivity contribution in [1.82, 2.24) is 5.27 Å². The molecule has 1 aromatic carbocycles. The predicted octanol–water partition coefficient (Wildman–Crippen LogP) is 0.976. The first kappa shape index (κ1) is 9.45. The van der Waals surface area contributed by atoms with E-state index >= 15 is 0 Å². The molecule has 0 aliphatic rings. The van der Waals surface area contributed by atoms with Crippen LogP contribution in [-0.2, 0) is 0 Å². The van der Waals surface area contributed by atoms with Gasteiger partial charge >= 0.3 is 0 Å². The molecule has 0 fully saturated rings. The molecule has 4 heteroatoms. The highest BCUT2D eigenvalue weighted by atomic mass is 16.6. The van der Waals surface area contributed by atoms with E-state index in [-0.39, 0.29) is 0 Å². The molecule has 0 saturated heterocycles. The van der Waals surface area contributed by atoms with Crippen LogP contribution in [0.4, 0.5) is 0 Å². The molecule has 0 amide bonds. The summed E-state index contributed by atoms with van der Waals surface area (Å²) in [6.07, 6.45) is 1.43. The van der Waals surface area contributed by atoms with Gasteiger partial charge in [0.2, 0.25) is 5.69 Å². The number of hydrogen-bond acceptors (Lipinski definition) is 3. The summed E-state index contributed by atoms with van der Waals surface area (Å²) in [6, 6.07) is 7.61. The van der Waals surface area contributed by atoms with Crippen LogP contribution in [0.2, 0.25) is 0 Å². The topological polar surface area (TPSA) is 53.0 Å². The van der Waals surface area contributed by atoms with Gasteiger partial charge in [0, 0.05) is 18.2 Å². The minimum atomic E-state index is -0.481. The van der Waals surface area contributed by atoms with E-state index in [1.165, 1.54) is 10.8 Å². The highest BCUT2D eigenvalue weighted by Crippen LogP contribution is 2.11. The SMILES string of the molecule is C=Cc1c([O-])on[n+]1-c1ccc(C)cc1. The number of aryl methyl sites for hydroxylation is 1. The summed E-state index contributed by atoms with van der Waals surface area (Å²) in [5.41, 5.74) is 2.26. The first-order valence-electron chi connectivity index (χ1n) is 4.51. The predicted molar refractivity (Wildman–Crippen MR) is 52.3 cm³/mol. The normalized spacial score (nSPS) is 10.2. The maximum Gasteiger partial charge on any atom is 0.263 e. The van der Waals surface area contributed by atoms with E-state index in [1.807, 2.05) is 31.2 Å². The third-order valence-electron chi connectivity index (χ3n) is 2.11. The van der Waals surface area contributed by atoms with E-state index in [1.54, 1.807) is 0 Å². The second-order valence-corrected chi connectivity index (χ2v) is 3.20. The minimum Gasteiger partial charge on any atom is -0.539 e. The summed E-state index contributed by atoms with van der Waals surface area (Å²) in [7, 11) is 0. The lowest BCUT2D eigenvalue weighted by molar-refractivity contribution is -0.672. The molecule has 0 radical (unpaired) electrons. The van der Waals surface area contributed by atoms with Crippen molar-refractivity contribution in [3.63, 3.8) is 0 Å². The lowest BCUT2D eigenvalue weighted by Gasteiger charge is -1.93. The van der Waals surface area contributed by atoms with Gasteiger partial charge in [0.05, 0.1) is 5.27 Å². The average molecular weight is 202 g/mol. The Hall–Kier alpha value is -2.10. The molecule has 0 unspecified atom stereocenters. The van der Waals surface area contributed by atoms with Crippen LogP contribution in [0.3, 0.4) is 0 Å². The highest BCUT2D eigenvalue weighted by molar-refractivity contribution is 5.43. The first-order valence-corrected chi connectivity index (χ1v) is 4.51. The van der Waals surface area contributed by atoms with Gasteiger partial charge in [-0.25, -0.2) is 0 Å². The van der Waals surface area contributed by atoms with Crippen molar-refractivity contribution in [2.24, 2.45) is 0 Å². The maximum absolute atomic E-state index is 11.2. The molecule has 2 rings (SSSR count). The first-order chi connectivity index (χ1) is 7.22. The Bertz CT molecular complexity index is 486. The number of benzene rings is 1. The summed E-state index contributed by atoms with van der Waals surface area (Å²) in [5, 5.41) is 14.8. The van der Waals surface area contributed by atoms with Crippen LogP contribution in [0.25, 0.3) is 11.8 Å². The van der Waals surface area contributed by atoms with E-state index in [0.29, 0.717) is 5.69 Å². The fourth-order valence-electron chi connectivity index (χ4n) is 1.30. The van der Waals surface area contributed by atoms with Crippen molar-refractivity contribution < 1.29 is 14.3 Å². The molecule has 0 atom stereocenters. The van der Waals surface area contributed by atoms with Gasteiger partial charge < -0.3 is 9.63 Å². The second kappa shape index (κ2) is 3.57. The molecule has 2 aromatic rings. The van der Waals surface area contributed by atoms with Crippen LogP contribution < -0.4 is 9.79 Å². The van der Waals surface area contributed by atoms with Crippen molar-refractivity contribution in [2.75, 3.05) is 0 Å². The number of rotatable bonds is 2. The van der Waals surface area contributed by atoms with Gasteiger partial charge in [-0.2, -0.15) is 0 Å². The third-order valence-corrected chi connectivity index (χ3v) is 2.11. The van der Waals surface area contributed by atoms with Crippen molar-refractivity contribution >= 4 is 6.08 Å². The third kappa shape index (κ3) is 1.61. The van der Waals surface area contributed by atoms with E-state index in [2.05, 4.69) is 16.4 Å². The number of nitrogens with zero attached hydrogens (tertiary/aromatic N) is 2. The zero-order valence-electron chi connectivity index (χ0n) is 8.30. The van der Waals surface area contributed by atoms with Crippen LogP contribution >= 0.6 is 0 Å². The van der Waals surface area contributed by atoms with Crippen LogP contribution in [0.5, 0.6) is 5.95 Å². The van der Waals surface area contributed by atoms with Gasteiger partial charge in [0.15, 0.2) is 5.95 Å². The number of aromatic nitrogens is 2. The largest absolute Gasteiger partial charge is 0.539 e. The molecule has 1 aromatic heterocycles. The van der Waals surface area contributed by atoms with Gasteiger partial charge in [-0.1, -0.05) is 24.3 Å². The molecule has 0 bridgehead atoms. The van der Waals surface area contributed by atoms with Crippen LogP contribution in [-0.4, -0.2) is 5.27 Å². The summed E-state index contributed by atoms with van der Waals surface area (Å²) < 4.78 is 5.98. The summed E-state index contributed by atoms with van der Waals surface area (Å²) in [6.45, 7) is 5.54. The van der Waals surface area contributed by atoms with Crippen molar-refractivity contribution in [1.29, 1.82) is 0 Å². The molecule has 0 saturated carbocycles. The summed E-state index contributed by atoms with van der Waals surface area (Å²) in [4.78, 5) is 0. The Morgan fingerprint density at radius 2 is 2.07 bits per heavy atom. The Balaban J connectivity index is 2.53. The lowest BCUT2D eigenvalue weighted by Crippen LogP contribution is -2.35. The molecular weight excluding hydrogens is 192 g/mol. The van der Waals surface area contributed by atoms with Gasteiger partial charge in [0.1, 0.15) is 0 Å². The summed E-state index contributed by atoms with van der Waals surface area (Å²) >= 11 is 0. The van der Waals surface area contributed by atoms with Gasteiger partial charge in [-0.3, -0.25) is 0 Å². The molecular formula is C11H10N2O2. The maximum atomic E-state index is 11.2. The fraction of sp³-hybridized carbons (Fsp3) is 0.0909. The molecule has 0 aliphatic carbocycles. The average Bonchev–Trinajstić information content (AvgIpc) is 2.61. The molecule has 1 heterocycles. The summed E-state index contributed by atoms with van der Waals surface area (Å²) in [5.74, 6) is -0.481. The molecule has 0 spiro atoms. The standard InChI is InChI=1S/C11H10N2O2/c1-3-10-11(14)15-12-13(10)9-6-4-8(2)5-7-9/h3-7H,1H2,2H3. The molecule has 4 nitrogen and oxygen atoms in total. The highest BCUT2D eigenvalue weighted by Gasteiger charge is 2.16. The van der Waals surface area contributed by atoms with Crippen molar-refractivity contribution in [3.8, 4) is 11.6 Å². The van der Waals surface area contributed by atoms with Crippen LogP contribution in [0.15, 0.2) is 35.4 Å². The monoisotopic (exact) mass is 202 g/mol. The van der Waals surface area contributed by atoms with Crippen LogP contribution in [0, 0.1) is 6.92 Å². The van der Waals surface area contributed by atoms with Gasteiger partial charge in [-0.05, 0) is 11.6 Å². The molecule has 0 N–H and O–H groups in total. The second-order valence-electron chi connectivity index (χ2n) is 3.20. The number of hydrogen-bond donors (Lipinski definition) is 0. The molecule has 76 valence electrons. The van der Waals surface area contributed by atoms with Crippen LogP contribution in [0.1, 0.15) is 11.3 Å². The fourth-order valence-corrected chi connectivity index (χ4v) is 1.30. The Morgan fingerprint density at radius 3 is 2.67 bits per heavy atom. The molecule has 0 aliphatic heterocycles. The van der Waals surface area contributed by atoms with E-state index in [4.69, 9.17) is 0 Å². The molecule has 15 heavy (non-hydrogen) atoms. The van der Waals surface area contributed by atoms with E-state index in [9.17, 15) is 5.11 Å². The lowest BCUT2D eigenvalue weighted by atomic mass is 10.2. The Morgan fingerprint density at radius 1 is 1.40 bits per heavy atom. The smallest absolute Gasteiger partial charge is 0.263 e. The minimum absolute atomic E-state index is 0.332. The quantitative estimate of drug-likeness (QED) is 0.682. The van der Waals surface area contributed by atoms with E-state index < -0.39 is 5.95 Å².